The van der Waals surface area contributed by atoms with Gasteiger partial charge in [-0.2, -0.15) is 0 Å². The second-order valence-corrected chi connectivity index (χ2v) is 7.79. The van der Waals surface area contributed by atoms with E-state index in [0.717, 1.165) is 32.1 Å². The van der Waals surface area contributed by atoms with E-state index in [2.05, 4.69) is 20.7 Å². The topological polar surface area (TPSA) is 46.2 Å². The van der Waals surface area contributed by atoms with Crippen molar-refractivity contribution in [2.24, 2.45) is 0 Å². The van der Waals surface area contributed by atoms with Gasteiger partial charge in [-0.1, -0.05) is 35.2 Å². The van der Waals surface area contributed by atoms with Gasteiger partial charge in [0.2, 0.25) is 10.0 Å². The number of hydrogen-bond acceptors (Lipinski definition) is 2. The van der Waals surface area contributed by atoms with Gasteiger partial charge < -0.3 is 0 Å². The molecule has 2 unspecified atom stereocenters. The van der Waals surface area contributed by atoms with Gasteiger partial charge in [-0.05, 0) is 25.7 Å². The van der Waals surface area contributed by atoms with E-state index in [1.807, 2.05) is 0 Å². The summed E-state index contributed by atoms with van der Waals surface area (Å²) in [4.78, 5) is 0.313. The van der Waals surface area contributed by atoms with E-state index in [4.69, 9.17) is 0 Å². The first-order chi connectivity index (χ1) is 7.09. The maximum absolute atomic E-state index is 11.8. The largest absolute Gasteiger partial charge is 0.214 e. The highest BCUT2D eigenvalue weighted by Crippen LogP contribution is 2.30. The molecule has 0 aromatic carbocycles. The molecule has 0 aromatic rings. The van der Waals surface area contributed by atoms with E-state index < -0.39 is 10.0 Å². The van der Waals surface area contributed by atoms with Gasteiger partial charge in [-0.25, -0.2) is 13.1 Å². The van der Waals surface area contributed by atoms with E-state index in [9.17, 15) is 8.42 Å². The Bertz CT molecular complexity index is 313. The monoisotopic (exact) mass is 295 g/mol. The zero-order valence-corrected chi connectivity index (χ0v) is 11.2. The SMILES string of the molecule is O=S(=O)(NC1CCCCCC1Br)C1CC1. The molecule has 3 nitrogen and oxygen atoms in total. The van der Waals surface area contributed by atoms with Gasteiger partial charge in [0.15, 0.2) is 0 Å². The van der Waals surface area contributed by atoms with E-state index in [0.29, 0.717) is 4.83 Å². The first kappa shape index (κ1) is 11.9. The highest BCUT2D eigenvalue weighted by molar-refractivity contribution is 9.09. The minimum absolute atomic E-state index is 0.0968. The zero-order valence-electron chi connectivity index (χ0n) is 8.78. The average Bonchev–Trinajstić information content (AvgIpc) is 2.95. The molecular formula is C10H18BrNO2S. The average molecular weight is 296 g/mol. The summed E-state index contributed by atoms with van der Waals surface area (Å²) in [5.74, 6) is 0. The molecule has 2 aliphatic rings. The molecule has 0 aliphatic heterocycles. The molecule has 2 fully saturated rings. The number of halogens is 1. The van der Waals surface area contributed by atoms with Crippen molar-refractivity contribution in [1.29, 1.82) is 0 Å². The van der Waals surface area contributed by atoms with Crippen LogP contribution in [0.2, 0.25) is 0 Å². The minimum atomic E-state index is -3.02. The van der Waals surface area contributed by atoms with Crippen LogP contribution in [0, 0.1) is 0 Å². The first-order valence-corrected chi connectivity index (χ1v) is 8.21. The maximum atomic E-state index is 11.8. The molecule has 0 aromatic heterocycles. The van der Waals surface area contributed by atoms with Crippen LogP contribution in [0.25, 0.3) is 0 Å². The van der Waals surface area contributed by atoms with E-state index in [1.165, 1.54) is 12.8 Å². The van der Waals surface area contributed by atoms with Gasteiger partial charge in [0, 0.05) is 10.9 Å². The minimum Gasteiger partial charge on any atom is -0.212 e. The third-order valence-electron chi connectivity index (χ3n) is 3.21. The van der Waals surface area contributed by atoms with Gasteiger partial charge in [0.25, 0.3) is 0 Å². The normalized spacial score (nSPS) is 33.7. The lowest BCUT2D eigenvalue weighted by Gasteiger charge is -2.21. The molecule has 5 heteroatoms. The van der Waals surface area contributed by atoms with E-state index in [1.54, 1.807) is 0 Å². The molecule has 2 aliphatic carbocycles. The number of hydrogen-bond donors (Lipinski definition) is 1. The van der Waals surface area contributed by atoms with E-state index >= 15 is 0 Å². The summed E-state index contributed by atoms with van der Waals surface area (Å²) in [7, 11) is -3.02. The molecule has 2 saturated carbocycles. The molecule has 2 atom stereocenters. The molecule has 0 radical (unpaired) electrons. The second-order valence-electron chi connectivity index (χ2n) is 4.62. The Labute approximate surface area is 100 Å². The van der Waals surface area contributed by atoms with Crippen molar-refractivity contribution in [3.8, 4) is 0 Å². The van der Waals surface area contributed by atoms with Crippen LogP contribution >= 0.6 is 15.9 Å². The summed E-state index contributed by atoms with van der Waals surface area (Å²) in [5.41, 5.74) is 0. The summed E-state index contributed by atoms with van der Waals surface area (Å²) in [6.45, 7) is 0. The van der Waals surface area contributed by atoms with Crippen molar-refractivity contribution in [2.75, 3.05) is 0 Å². The fourth-order valence-corrected chi connectivity index (χ4v) is 4.63. The summed E-state index contributed by atoms with van der Waals surface area (Å²) >= 11 is 3.60. The van der Waals surface area contributed by atoms with Crippen LogP contribution in [0.5, 0.6) is 0 Å². The Kier molecular flexibility index (Phi) is 3.73. The Morgan fingerprint density at radius 2 is 1.67 bits per heavy atom. The van der Waals surface area contributed by atoms with Crippen molar-refractivity contribution in [1.82, 2.24) is 4.72 Å². The van der Waals surface area contributed by atoms with Gasteiger partial charge in [0.1, 0.15) is 0 Å². The Balaban J connectivity index is 1.96. The zero-order chi connectivity index (χ0) is 10.9. The van der Waals surface area contributed by atoms with Crippen LogP contribution in [0.15, 0.2) is 0 Å². The van der Waals surface area contributed by atoms with Crippen molar-refractivity contribution in [2.45, 2.75) is 61.1 Å². The Morgan fingerprint density at radius 1 is 1.00 bits per heavy atom. The van der Waals surface area contributed by atoms with Crippen LogP contribution in [0.3, 0.4) is 0 Å². The molecule has 0 saturated heterocycles. The fourth-order valence-electron chi connectivity index (χ4n) is 2.08. The summed E-state index contributed by atoms with van der Waals surface area (Å²) in [6.07, 6.45) is 7.31. The second kappa shape index (κ2) is 4.72. The van der Waals surface area contributed by atoms with Crippen LogP contribution in [0.4, 0.5) is 0 Å². The van der Waals surface area contributed by atoms with Gasteiger partial charge in [0.05, 0.1) is 5.25 Å². The predicted octanol–water partition coefficient (Wildman–Crippen LogP) is 2.16. The molecule has 1 N–H and O–H groups in total. The summed E-state index contributed by atoms with van der Waals surface area (Å²) < 4.78 is 26.4. The number of alkyl halides is 1. The highest BCUT2D eigenvalue weighted by atomic mass is 79.9. The molecule has 15 heavy (non-hydrogen) atoms. The van der Waals surface area contributed by atoms with Gasteiger partial charge in [-0.3, -0.25) is 0 Å². The van der Waals surface area contributed by atoms with Gasteiger partial charge >= 0.3 is 0 Å². The third-order valence-corrected chi connectivity index (χ3v) is 6.29. The standard InChI is InChI=1S/C10H18BrNO2S/c11-9-4-2-1-3-5-10(9)12-15(13,14)8-6-7-8/h8-10,12H,1-7H2. The first-order valence-electron chi connectivity index (χ1n) is 5.75. The number of rotatable bonds is 3. The van der Waals surface area contributed by atoms with Crippen LogP contribution < -0.4 is 4.72 Å². The Morgan fingerprint density at radius 3 is 2.33 bits per heavy atom. The van der Waals surface area contributed by atoms with Crippen molar-refractivity contribution in [3.05, 3.63) is 0 Å². The molecule has 0 heterocycles. The highest BCUT2D eigenvalue weighted by Gasteiger charge is 2.38. The van der Waals surface area contributed by atoms with E-state index in [-0.39, 0.29) is 11.3 Å². The van der Waals surface area contributed by atoms with Crippen LogP contribution in [0.1, 0.15) is 44.9 Å². The third kappa shape index (κ3) is 3.17. The van der Waals surface area contributed by atoms with Crippen molar-refractivity contribution < 1.29 is 8.42 Å². The van der Waals surface area contributed by atoms with Gasteiger partial charge in [-0.15, -0.1) is 0 Å². The molecule has 0 bridgehead atoms. The molecule has 0 amide bonds. The van der Waals surface area contributed by atoms with Crippen LogP contribution in [-0.2, 0) is 10.0 Å². The lowest BCUT2D eigenvalue weighted by molar-refractivity contribution is 0.520. The molecule has 0 spiro atoms. The Hall–Kier alpha value is 0.390. The lowest BCUT2D eigenvalue weighted by Crippen LogP contribution is -2.41. The lowest BCUT2D eigenvalue weighted by atomic mass is 10.1. The molecular weight excluding hydrogens is 278 g/mol. The fraction of sp³-hybridized carbons (Fsp3) is 1.00. The summed E-state index contributed by atoms with van der Waals surface area (Å²) in [6, 6.07) is 0.109. The van der Waals surface area contributed by atoms with Crippen molar-refractivity contribution in [3.63, 3.8) is 0 Å². The number of sulfonamides is 1. The quantitative estimate of drug-likeness (QED) is 0.641. The number of nitrogens with one attached hydrogen (secondary N) is 1. The predicted molar refractivity (Wildman–Crippen MR) is 64.7 cm³/mol. The molecule has 2 rings (SSSR count). The smallest absolute Gasteiger partial charge is 0.212 e. The molecule has 88 valence electrons. The maximum Gasteiger partial charge on any atom is 0.214 e. The summed E-state index contributed by atoms with van der Waals surface area (Å²) in [5, 5.41) is -0.0968. The van der Waals surface area contributed by atoms with Crippen molar-refractivity contribution >= 4 is 26.0 Å². The van der Waals surface area contributed by atoms with Crippen LogP contribution in [-0.4, -0.2) is 24.5 Å².